The van der Waals surface area contributed by atoms with Crippen molar-refractivity contribution in [3.8, 4) is 0 Å². The highest BCUT2D eigenvalue weighted by molar-refractivity contribution is 4.70. The molecule has 2 N–H and O–H groups in total. The molecular formula is C15H33N. The Labute approximate surface area is 103 Å². The highest BCUT2D eigenvalue weighted by Crippen LogP contribution is 2.14. The summed E-state index contributed by atoms with van der Waals surface area (Å²) in [6.45, 7) is 6.53. The van der Waals surface area contributed by atoms with Crippen LogP contribution in [-0.2, 0) is 0 Å². The van der Waals surface area contributed by atoms with Crippen LogP contribution >= 0.6 is 0 Å². The van der Waals surface area contributed by atoms with Crippen LogP contribution in [0.4, 0.5) is 0 Å². The van der Waals surface area contributed by atoms with Gasteiger partial charge in [-0.15, -0.1) is 0 Å². The average molecular weight is 227 g/mol. The predicted octanol–water partition coefficient (Wildman–Crippen LogP) is 5.03. The molecule has 0 fully saturated rings. The minimum absolute atomic E-state index is 0.0418. The van der Waals surface area contributed by atoms with Gasteiger partial charge in [0.25, 0.3) is 0 Å². The second kappa shape index (κ2) is 10.1. The maximum absolute atomic E-state index is 5.94. The van der Waals surface area contributed by atoms with Gasteiger partial charge in [-0.1, -0.05) is 71.1 Å². The third-order valence-electron chi connectivity index (χ3n) is 3.17. The summed E-state index contributed by atoms with van der Waals surface area (Å²) in [5, 5.41) is 0. The first-order valence-electron chi connectivity index (χ1n) is 7.35. The molecule has 0 amide bonds. The van der Waals surface area contributed by atoms with E-state index in [2.05, 4.69) is 20.8 Å². The van der Waals surface area contributed by atoms with Gasteiger partial charge in [0.2, 0.25) is 0 Å². The van der Waals surface area contributed by atoms with Crippen molar-refractivity contribution < 1.29 is 0 Å². The van der Waals surface area contributed by atoms with E-state index in [0.29, 0.717) is 0 Å². The fourth-order valence-electron chi connectivity index (χ4n) is 2.07. The first kappa shape index (κ1) is 16.0. The van der Waals surface area contributed by atoms with Gasteiger partial charge in [0.15, 0.2) is 0 Å². The molecule has 0 aliphatic rings. The Hall–Kier alpha value is -0.0400. The minimum Gasteiger partial charge on any atom is -0.326 e. The van der Waals surface area contributed by atoms with Gasteiger partial charge in [-0.2, -0.15) is 0 Å². The lowest BCUT2D eigenvalue weighted by molar-refractivity contribution is 0.440. The molecule has 0 rings (SSSR count). The summed E-state index contributed by atoms with van der Waals surface area (Å²) in [5.41, 5.74) is 5.99. The van der Waals surface area contributed by atoms with Gasteiger partial charge >= 0.3 is 0 Å². The molecule has 0 aliphatic heterocycles. The normalized spacial score (nSPS) is 12.0. The molecule has 0 unspecified atom stereocenters. The van der Waals surface area contributed by atoms with E-state index in [-0.39, 0.29) is 5.54 Å². The van der Waals surface area contributed by atoms with Crippen LogP contribution in [0.1, 0.15) is 91.4 Å². The predicted molar refractivity (Wildman–Crippen MR) is 74.7 cm³/mol. The highest BCUT2D eigenvalue weighted by Gasteiger charge is 2.08. The fourth-order valence-corrected chi connectivity index (χ4v) is 2.07. The Morgan fingerprint density at radius 3 is 1.44 bits per heavy atom. The lowest BCUT2D eigenvalue weighted by Crippen LogP contribution is -2.31. The van der Waals surface area contributed by atoms with Crippen molar-refractivity contribution in [1.29, 1.82) is 0 Å². The van der Waals surface area contributed by atoms with E-state index in [1.165, 1.54) is 70.6 Å². The average Bonchev–Trinajstić information content (AvgIpc) is 2.19. The second-order valence-electron chi connectivity index (χ2n) is 5.92. The first-order chi connectivity index (χ1) is 7.56. The third kappa shape index (κ3) is 14.0. The molecule has 0 aromatic rings. The topological polar surface area (TPSA) is 26.0 Å². The Bertz CT molecular complexity index is 135. The van der Waals surface area contributed by atoms with Crippen molar-refractivity contribution >= 4 is 0 Å². The molecule has 1 nitrogen and oxygen atoms in total. The zero-order valence-corrected chi connectivity index (χ0v) is 11.9. The zero-order chi connectivity index (χ0) is 12.3. The van der Waals surface area contributed by atoms with Crippen LogP contribution in [-0.4, -0.2) is 5.54 Å². The van der Waals surface area contributed by atoms with Gasteiger partial charge in [0.05, 0.1) is 0 Å². The van der Waals surface area contributed by atoms with Crippen molar-refractivity contribution in [2.75, 3.05) is 0 Å². The fraction of sp³-hybridized carbons (Fsp3) is 1.00. The maximum Gasteiger partial charge on any atom is 0.00970 e. The smallest absolute Gasteiger partial charge is 0.00970 e. The number of unbranched alkanes of at least 4 members (excludes halogenated alkanes) is 9. The summed E-state index contributed by atoms with van der Waals surface area (Å²) in [6, 6.07) is 0. The monoisotopic (exact) mass is 227 g/mol. The van der Waals surface area contributed by atoms with Crippen LogP contribution in [0.2, 0.25) is 0 Å². The summed E-state index contributed by atoms with van der Waals surface area (Å²) in [4.78, 5) is 0. The van der Waals surface area contributed by atoms with E-state index < -0.39 is 0 Å². The molecule has 0 aliphatic carbocycles. The number of nitrogens with two attached hydrogens (primary N) is 1. The third-order valence-corrected chi connectivity index (χ3v) is 3.17. The van der Waals surface area contributed by atoms with Crippen LogP contribution in [0.25, 0.3) is 0 Å². The van der Waals surface area contributed by atoms with Gasteiger partial charge < -0.3 is 5.73 Å². The number of rotatable bonds is 11. The van der Waals surface area contributed by atoms with Crippen LogP contribution in [0.15, 0.2) is 0 Å². The van der Waals surface area contributed by atoms with E-state index in [1.54, 1.807) is 0 Å². The molecule has 1 heteroatoms. The zero-order valence-electron chi connectivity index (χ0n) is 11.9. The van der Waals surface area contributed by atoms with Crippen LogP contribution in [0.3, 0.4) is 0 Å². The van der Waals surface area contributed by atoms with Crippen molar-refractivity contribution in [2.24, 2.45) is 5.73 Å². The van der Waals surface area contributed by atoms with Gasteiger partial charge in [-0.25, -0.2) is 0 Å². The number of hydrogen-bond donors (Lipinski definition) is 1. The maximum atomic E-state index is 5.94. The Morgan fingerprint density at radius 2 is 1.06 bits per heavy atom. The molecule has 0 saturated heterocycles. The van der Waals surface area contributed by atoms with E-state index in [9.17, 15) is 0 Å². The van der Waals surface area contributed by atoms with Crippen LogP contribution < -0.4 is 5.73 Å². The molecule has 0 bridgehead atoms. The Kier molecular flexibility index (Phi) is 10.1. The highest BCUT2D eigenvalue weighted by atomic mass is 14.7. The van der Waals surface area contributed by atoms with E-state index in [1.807, 2.05) is 0 Å². The van der Waals surface area contributed by atoms with Crippen LogP contribution in [0, 0.1) is 0 Å². The van der Waals surface area contributed by atoms with Crippen molar-refractivity contribution in [2.45, 2.75) is 96.9 Å². The summed E-state index contributed by atoms with van der Waals surface area (Å²) in [7, 11) is 0. The Balaban J connectivity index is 2.99. The van der Waals surface area contributed by atoms with Gasteiger partial charge in [-0.05, 0) is 20.3 Å². The Morgan fingerprint density at radius 1 is 0.688 bits per heavy atom. The summed E-state index contributed by atoms with van der Waals surface area (Å²) < 4.78 is 0. The molecule has 0 radical (unpaired) electrons. The molecule has 0 heterocycles. The molecule has 0 spiro atoms. The second-order valence-corrected chi connectivity index (χ2v) is 5.92. The van der Waals surface area contributed by atoms with Gasteiger partial charge in [-0.3, -0.25) is 0 Å². The van der Waals surface area contributed by atoms with Crippen LogP contribution in [0.5, 0.6) is 0 Å². The van der Waals surface area contributed by atoms with E-state index in [0.717, 1.165) is 0 Å². The van der Waals surface area contributed by atoms with Crippen molar-refractivity contribution in [3.63, 3.8) is 0 Å². The molecule has 0 atom stereocenters. The summed E-state index contributed by atoms with van der Waals surface area (Å²) in [6.07, 6.45) is 15.2. The molecule has 0 aromatic heterocycles. The standard InChI is InChI=1S/C15H33N/c1-4-5-6-7-8-9-10-11-12-13-14-15(2,3)16/h4-14,16H2,1-3H3. The van der Waals surface area contributed by atoms with Gasteiger partial charge in [0.1, 0.15) is 0 Å². The van der Waals surface area contributed by atoms with Crippen molar-refractivity contribution in [1.82, 2.24) is 0 Å². The largest absolute Gasteiger partial charge is 0.326 e. The van der Waals surface area contributed by atoms with Gasteiger partial charge in [0, 0.05) is 5.54 Å². The summed E-state index contributed by atoms with van der Waals surface area (Å²) in [5.74, 6) is 0. The molecule has 0 aromatic carbocycles. The lowest BCUT2D eigenvalue weighted by atomic mass is 9.97. The first-order valence-corrected chi connectivity index (χ1v) is 7.35. The van der Waals surface area contributed by atoms with Crippen molar-refractivity contribution in [3.05, 3.63) is 0 Å². The number of hydrogen-bond acceptors (Lipinski definition) is 1. The minimum atomic E-state index is 0.0418. The summed E-state index contributed by atoms with van der Waals surface area (Å²) >= 11 is 0. The SMILES string of the molecule is CCCCCCCCCCCCC(C)(C)N. The molecule has 98 valence electrons. The lowest BCUT2D eigenvalue weighted by Gasteiger charge is -2.17. The molecular weight excluding hydrogens is 194 g/mol. The van der Waals surface area contributed by atoms with E-state index in [4.69, 9.17) is 5.73 Å². The quantitative estimate of drug-likeness (QED) is 0.492. The van der Waals surface area contributed by atoms with E-state index >= 15 is 0 Å². The molecule has 16 heavy (non-hydrogen) atoms. The molecule has 0 saturated carbocycles.